The van der Waals surface area contributed by atoms with Crippen molar-refractivity contribution >= 4 is 11.9 Å². The van der Waals surface area contributed by atoms with Crippen molar-refractivity contribution < 1.29 is 9.59 Å². The molecule has 0 aliphatic carbocycles. The topological polar surface area (TPSA) is 73.5 Å². The number of imide groups is 1. The SMILES string of the molecule is CCNC(=O)NC(=O)CN(C)C1CCCNC1. The van der Waals surface area contributed by atoms with Gasteiger partial charge in [0.15, 0.2) is 0 Å². The Morgan fingerprint density at radius 2 is 2.24 bits per heavy atom. The smallest absolute Gasteiger partial charge is 0.321 e. The Morgan fingerprint density at radius 3 is 2.82 bits per heavy atom. The van der Waals surface area contributed by atoms with Crippen molar-refractivity contribution in [3.8, 4) is 0 Å². The van der Waals surface area contributed by atoms with Crippen LogP contribution in [0.25, 0.3) is 0 Å². The van der Waals surface area contributed by atoms with Crippen LogP contribution >= 0.6 is 0 Å². The molecule has 3 amide bonds. The third-order valence-corrected chi connectivity index (χ3v) is 2.88. The fraction of sp³-hybridized carbons (Fsp3) is 0.818. The van der Waals surface area contributed by atoms with Gasteiger partial charge in [0.2, 0.25) is 5.91 Å². The quantitative estimate of drug-likeness (QED) is 0.622. The second-order valence-electron chi connectivity index (χ2n) is 4.32. The number of carbonyl (C=O) groups is 2. The number of urea groups is 1. The summed E-state index contributed by atoms with van der Waals surface area (Å²) in [6, 6.07) is -0.0450. The van der Waals surface area contributed by atoms with Gasteiger partial charge in [0.1, 0.15) is 0 Å². The van der Waals surface area contributed by atoms with E-state index < -0.39 is 6.03 Å². The van der Waals surface area contributed by atoms with Crippen LogP contribution < -0.4 is 16.0 Å². The summed E-state index contributed by atoms with van der Waals surface area (Å²) in [7, 11) is 1.91. The summed E-state index contributed by atoms with van der Waals surface area (Å²) in [5.41, 5.74) is 0. The molecule has 98 valence electrons. The van der Waals surface area contributed by atoms with Gasteiger partial charge in [-0.05, 0) is 33.4 Å². The fourth-order valence-electron chi connectivity index (χ4n) is 1.94. The van der Waals surface area contributed by atoms with E-state index in [-0.39, 0.29) is 12.5 Å². The zero-order valence-corrected chi connectivity index (χ0v) is 10.6. The summed E-state index contributed by atoms with van der Waals surface area (Å²) in [6.45, 7) is 4.54. The van der Waals surface area contributed by atoms with Gasteiger partial charge in [-0.3, -0.25) is 15.0 Å². The highest BCUT2D eigenvalue weighted by Gasteiger charge is 2.20. The highest BCUT2D eigenvalue weighted by molar-refractivity contribution is 5.95. The van der Waals surface area contributed by atoms with E-state index in [0.717, 1.165) is 25.9 Å². The molecule has 17 heavy (non-hydrogen) atoms. The van der Waals surface area contributed by atoms with E-state index in [9.17, 15) is 9.59 Å². The van der Waals surface area contributed by atoms with E-state index in [2.05, 4.69) is 16.0 Å². The van der Waals surface area contributed by atoms with Gasteiger partial charge in [0, 0.05) is 19.1 Å². The van der Waals surface area contributed by atoms with Crippen LogP contribution in [0.4, 0.5) is 4.79 Å². The lowest BCUT2D eigenvalue weighted by molar-refractivity contribution is -0.121. The minimum absolute atomic E-state index is 0.253. The summed E-state index contributed by atoms with van der Waals surface area (Å²) in [5, 5.41) is 8.12. The van der Waals surface area contributed by atoms with Crippen molar-refractivity contribution in [1.82, 2.24) is 20.9 Å². The molecule has 1 atom stereocenters. The number of rotatable bonds is 4. The standard InChI is InChI=1S/C11H22N4O2/c1-3-13-11(17)14-10(16)8-15(2)9-5-4-6-12-7-9/h9,12H,3-8H2,1-2H3,(H2,13,14,16,17). The predicted octanol–water partition coefficient (Wildman–Crippen LogP) is -0.484. The number of nitrogens with zero attached hydrogens (tertiary/aromatic N) is 1. The number of nitrogens with one attached hydrogen (secondary N) is 3. The number of carbonyl (C=O) groups excluding carboxylic acids is 2. The maximum atomic E-state index is 11.5. The zero-order chi connectivity index (χ0) is 12.7. The average molecular weight is 242 g/mol. The molecule has 1 fully saturated rings. The molecule has 1 aliphatic heterocycles. The lowest BCUT2D eigenvalue weighted by atomic mass is 10.1. The normalized spacial score (nSPS) is 20.1. The minimum Gasteiger partial charge on any atom is -0.338 e. The van der Waals surface area contributed by atoms with Gasteiger partial charge < -0.3 is 10.6 Å². The van der Waals surface area contributed by atoms with Gasteiger partial charge in [0.05, 0.1) is 6.54 Å². The van der Waals surface area contributed by atoms with E-state index in [1.165, 1.54) is 0 Å². The van der Waals surface area contributed by atoms with Crippen molar-refractivity contribution in [2.24, 2.45) is 0 Å². The van der Waals surface area contributed by atoms with Crippen LogP contribution in [-0.4, -0.2) is 56.1 Å². The lowest BCUT2D eigenvalue weighted by Crippen LogP contribution is -2.49. The number of likely N-dealkylation sites (N-methyl/N-ethyl adjacent to an activating group) is 1. The van der Waals surface area contributed by atoms with Crippen LogP contribution in [0.1, 0.15) is 19.8 Å². The highest BCUT2D eigenvalue weighted by atomic mass is 16.2. The highest BCUT2D eigenvalue weighted by Crippen LogP contribution is 2.07. The van der Waals surface area contributed by atoms with Gasteiger partial charge in [0.25, 0.3) is 0 Å². The van der Waals surface area contributed by atoms with Crippen LogP contribution in [0.5, 0.6) is 0 Å². The van der Waals surface area contributed by atoms with Gasteiger partial charge >= 0.3 is 6.03 Å². The third-order valence-electron chi connectivity index (χ3n) is 2.88. The Bertz CT molecular complexity index is 264. The fourth-order valence-corrected chi connectivity index (χ4v) is 1.94. The number of amides is 3. The molecule has 0 radical (unpaired) electrons. The second kappa shape index (κ2) is 7.24. The lowest BCUT2D eigenvalue weighted by Gasteiger charge is -2.31. The molecule has 1 aliphatic rings. The van der Waals surface area contributed by atoms with Crippen molar-refractivity contribution in [2.45, 2.75) is 25.8 Å². The molecular formula is C11H22N4O2. The summed E-state index contributed by atoms with van der Waals surface area (Å²) in [4.78, 5) is 24.7. The van der Waals surface area contributed by atoms with E-state index in [0.29, 0.717) is 12.6 Å². The van der Waals surface area contributed by atoms with Crippen LogP contribution in [0, 0.1) is 0 Å². The van der Waals surface area contributed by atoms with Gasteiger partial charge in [-0.25, -0.2) is 4.79 Å². The molecule has 1 unspecified atom stereocenters. The van der Waals surface area contributed by atoms with Crippen molar-refractivity contribution in [3.63, 3.8) is 0 Å². The maximum absolute atomic E-state index is 11.5. The predicted molar refractivity (Wildman–Crippen MR) is 65.7 cm³/mol. The molecule has 1 rings (SSSR count). The molecule has 1 heterocycles. The Morgan fingerprint density at radius 1 is 1.47 bits per heavy atom. The molecule has 3 N–H and O–H groups in total. The first-order chi connectivity index (χ1) is 8.13. The van der Waals surface area contributed by atoms with Crippen molar-refractivity contribution in [2.75, 3.05) is 33.2 Å². The largest absolute Gasteiger partial charge is 0.338 e. The van der Waals surface area contributed by atoms with E-state index >= 15 is 0 Å². The van der Waals surface area contributed by atoms with E-state index in [4.69, 9.17) is 0 Å². The van der Waals surface area contributed by atoms with E-state index in [1.54, 1.807) is 0 Å². The summed E-state index contributed by atoms with van der Waals surface area (Å²) >= 11 is 0. The number of hydrogen-bond acceptors (Lipinski definition) is 4. The van der Waals surface area contributed by atoms with Gasteiger partial charge in [-0.1, -0.05) is 0 Å². The first-order valence-electron chi connectivity index (χ1n) is 6.12. The van der Waals surface area contributed by atoms with Crippen LogP contribution in [0.2, 0.25) is 0 Å². The first-order valence-corrected chi connectivity index (χ1v) is 6.12. The van der Waals surface area contributed by atoms with Gasteiger partial charge in [-0.15, -0.1) is 0 Å². The Hall–Kier alpha value is -1.14. The Balaban J connectivity index is 2.26. The molecule has 0 spiro atoms. The maximum Gasteiger partial charge on any atom is 0.321 e. The third kappa shape index (κ3) is 5.14. The average Bonchev–Trinajstić information content (AvgIpc) is 2.30. The molecule has 0 saturated carbocycles. The molecule has 0 aromatic rings. The Labute approximate surface area is 102 Å². The molecular weight excluding hydrogens is 220 g/mol. The molecule has 0 bridgehead atoms. The molecule has 6 heteroatoms. The molecule has 0 aromatic carbocycles. The number of piperidine rings is 1. The monoisotopic (exact) mass is 242 g/mol. The molecule has 6 nitrogen and oxygen atoms in total. The summed E-state index contributed by atoms with van der Waals surface area (Å²) < 4.78 is 0. The summed E-state index contributed by atoms with van der Waals surface area (Å²) in [6.07, 6.45) is 2.23. The van der Waals surface area contributed by atoms with Crippen molar-refractivity contribution in [3.05, 3.63) is 0 Å². The van der Waals surface area contributed by atoms with Crippen LogP contribution in [-0.2, 0) is 4.79 Å². The van der Waals surface area contributed by atoms with Crippen molar-refractivity contribution in [1.29, 1.82) is 0 Å². The number of hydrogen-bond donors (Lipinski definition) is 3. The first kappa shape index (κ1) is 13.9. The summed E-state index contributed by atoms with van der Waals surface area (Å²) in [5.74, 6) is -0.260. The minimum atomic E-state index is -0.423. The zero-order valence-electron chi connectivity index (χ0n) is 10.6. The van der Waals surface area contributed by atoms with Crippen LogP contribution in [0.15, 0.2) is 0 Å². The molecule has 0 aromatic heterocycles. The second-order valence-corrected chi connectivity index (χ2v) is 4.32. The molecule has 1 saturated heterocycles. The van der Waals surface area contributed by atoms with E-state index in [1.807, 2.05) is 18.9 Å². The van der Waals surface area contributed by atoms with Crippen LogP contribution in [0.3, 0.4) is 0 Å². The Kier molecular flexibility index (Phi) is 5.93. The van der Waals surface area contributed by atoms with Gasteiger partial charge in [-0.2, -0.15) is 0 Å².